The molecule has 1 saturated carbocycles. The van der Waals surface area contributed by atoms with Crippen molar-refractivity contribution < 1.29 is 19.3 Å². The van der Waals surface area contributed by atoms with Crippen LogP contribution in [0.1, 0.15) is 97.7 Å². The summed E-state index contributed by atoms with van der Waals surface area (Å²) in [5.74, 6) is 3.82. The molecule has 0 spiro atoms. The quantitative estimate of drug-likeness (QED) is 0.125. The highest BCUT2D eigenvalue weighted by Gasteiger charge is 2.14. The third-order valence-corrected chi connectivity index (χ3v) is 10.9. The molecule has 1 aliphatic carbocycles. The van der Waals surface area contributed by atoms with Gasteiger partial charge in [0.25, 0.3) is 0 Å². The number of rotatable bonds is 13. The van der Waals surface area contributed by atoms with Gasteiger partial charge < -0.3 is 19.3 Å². The van der Waals surface area contributed by atoms with Crippen molar-refractivity contribution in [3.05, 3.63) is 254 Å². The zero-order valence-electron chi connectivity index (χ0n) is 42.0. The molecule has 0 bridgehead atoms. The van der Waals surface area contributed by atoms with Crippen LogP contribution in [0.15, 0.2) is 215 Å². The van der Waals surface area contributed by atoms with Crippen molar-refractivity contribution in [2.24, 2.45) is 0 Å². The van der Waals surface area contributed by atoms with E-state index in [1.54, 1.807) is 31.4 Å². The maximum atomic E-state index is 8.82. The SMILES string of the molecule is C=Cc1ccc(-c2ccccc2)cc1.C=Cc1ccc(C2CCCCC2)cc1.C=Cc1ccc(O)cc1.C=Cc1ccc(OC(C)C)cc1.C=Cc1ccc(OC)cc1.C=Cc1ccc(OCC)cc1. The van der Waals surface area contributed by atoms with Crippen LogP contribution in [0, 0.1) is 0 Å². The summed E-state index contributed by atoms with van der Waals surface area (Å²) in [5.41, 5.74) is 10.8. The number of benzene rings is 7. The van der Waals surface area contributed by atoms with Crippen LogP contribution >= 0.6 is 0 Å². The van der Waals surface area contributed by atoms with Crippen molar-refractivity contribution in [1.82, 2.24) is 0 Å². The van der Waals surface area contributed by atoms with Crippen LogP contribution in [0.2, 0.25) is 0 Å². The van der Waals surface area contributed by atoms with Crippen molar-refractivity contribution in [2.45, 2.75) is 64.9 Å². The second kappa shape index (κ2) is 33.6. The van der Waals surface area contributed by atoms with E-state index in [0.29, 0.717) is 12.4 Å². The third-order valence-electron chi connectivity index (χ3n) is 10.9. The van der Waals surface area contributed by atoms with E-state index in [2.05, 4.69) is 112 Å². The van der Waals surface area contributed by atoms with E-state index >= 15 is 0 Å². The van der Waals surface area contributed by atoms with Gasteiger partial charge in [-0.05, 0) is 138 Å². The fourth-order valence-corrected chi connectivity index (χ4v) is 6.95. The molecule has 0 saturated heterocycles. The monoisotopic (exact) mass is 931 g/mol. The normalized spacial score (nSPS) is 11.1. The summed E-state index contributed by atoms with van der Waals surface area (Å²) in [6.45, 7) is 28.8. The van der Waals surface area contributed by atoms with E-state index in [0.717, 1.165) is 51.0 Å². The first-order valence-corrected chi connectivity index (χ1v) is 24.0. The number of ether oxygens (including phenoxy) is 3. The molecule has 0 aliphatic heterocycles. The van der Waals surface area contributed by atoms with Crippen molar-refractivity contribution in [3.63, 3.8) is 0 Å². The maximum Gasteiger partial charge on any atom is 0.119 e. The van der Waals surface area contributed by atoms with Crippen LogP contribution in [-0.4, -0.2) is 24.9 Å². The lowest BCUT2D eigenvalue weighted by Gasteiger charge is -2.21. The average molecular weight is 931 g/mol. The van der Waals surface area contributed by atoms with Crippen molar-refractivity contribution in [3.8, 4) is 34.1 Å². The molecule has 0 atom stereocenters. The van der Waals surface area contributed by atoms with Crippen LogP contribution in [-0.2, 0) is 0 Å². The standard InChI is InChI=1S/C14H18.C14H12.C11H14O.C10H12O.C9H10O.C8H8O/c2*1-2-12-8-10-14(11-9-12)13-6-4-3-5-7-13;1-4-10-5-7-11(8-6-10)12-9(2)3;1-3-9-5-7-10(8-6-9)11-4-2;1-3-8-4-6-9(10-2)7-5-8;1-2-7-3-5-8(9)6-4-7/h2,8-11,13H,1,3-7H2;2-11H,1H2;4-9H,1H2,2-3H3;3,5-8H,1,4H2,2H3;3-7H,1H2,2H3;2-6,9H,1H2. The van der Waals surface area contributed by atoms with E-state index in [4.69, 9.17) is 19.3 Å². The largest absolute Gasteiger partial charge is 0.508 e. The summed E-state index contributed by atoms with van der Waals surface area (Å²) in [7, 11) is 1.66. The zero-order valence-corrected chi connectivity index (χ0v) is 42.0. The van der Waals surface area contributed by atoms with Crippen molar-refractivity contribution in [1.29, 1.82) is 0 Å². The smallest absolute Gasteiger partial charge is 0.119 e. The fraction of sp³-hybridized carbons (Fsp3) is 0.182. The first-order chi connectivity index (χ1) is 34.1. The molecule has 70 heavy (non-hydrogen) atoms. The molecule has 1 fully saturated rings. The minimum absolute atomic E-state index is 0.236. The van der Waals surface area contributed by atoms with Gasteiger partial charge in [0.2, 0.25) is 0 Å². The number of aromatic hydroxyl groups is 1. The van der Waals surface area contributed by atoms with Crippen molar-refractivity contribution in [2.75, 3.05) is 13.7 Å². The Morgan fingerprint density at radius 1 is 0.457 bits per heavy atom. The van der Waals surface area contributed by atoms with E-state index in [-0.39, 0.29) is 6.10 Å². The molecular weight excluding hydrogens is 857 g/mol. The van der Waals surface area contributed by atoms with E-state index < -0.39 is 0 Å². The van der Waals surface area contributed by atoms with Gasteiger partial charge in [-0.3, -0.25) is 0 Å². The Kier molecular flexibility index (Phi) is 27.1. The molecule has 1 aliphatic rings. The predicted molar refractivity (Wildman–Crippen MR) is 306 cm³/mol. The van der Waals surface area contributed by atoms with Crippen LogP contribution in [0.4, 0.5) is 0 Å². The molecule has 0 heterocycles. The lowest BCUT2D eigenvalue weighted by molar-refractivity contribution is 0.242. The average Bonchev–Trinajstić information content (AvgIpc) is 3.43. The Morgan fingerprint density at radius 3 is 1.20 bits per heavy atom. The molecule has 8 rings (SSSR count). The summed E-state index contributed by atoms with van der Waals surface area (Å²) in [5, 5.41) is 8.82. The summed E-state index contributed by atoms with van der Waals surface area (Å²) < 4.78 is 15.7. The van der Waals surface area contributed by atoms with Crippen LogP contribution in [0.25, 0.3) is 47.6 Å². The first kappa shape index (κ1) is 56.5. The topological polar surface area (TPSA) is 47.9 Å². The summed E-state index contributed by atoms with van der Waals surface area (Å²) in [6.07, 6.45) is 18.2. The lowest BCUT2D eigenvalue weighted by atomic mass is 9.84. The summed E-state index contributed by atoms with van der Waals surface area (Å²) in [6, 6.07) is 58.0. The lowest BCUT2D eigenvalue weighted by Crippen LogP contribution is -2.05. The van der Waals surface area contributed by atoms with Crippen molar-refractivity contribution >= 4 is 36.5 Å². The van der Waals surface area contributed by atoms with Crippen LogP contribution in [0.3, 0.4) is 0 Å². The fourth-order valence-electron chi connectivity index (χ4n) is 6.95. The Labute approximate surface area is 421 Å². The Balaban J connectivity index is 0.000000224. The minimum Gasteiger partial charge on any atom is -0.508 e. The molecule has 7 aromatic carbocycles. The van der Waals surface area contributed by atoms with Gasteiger partial charge in [-0.25, -0.2) is 0 Å². The highest BCUT2D eigenvalue weighted by atomic mass is 16.5. The van der Waals surface area contributed by atoms with Crippen LogP contribution < -0.4 is 14.2 Å². The van der Waals surface area contributed by atoms with Gasteiger partial charge >= 0.3 is 0 Å². The number of phenolic OH excluding ortho intramolecular Hbond substituents is 1. The number of hydrogen-bond donors (Lipinski definition) is 1. The second-order valence-corrected chi connectivity index (χ2v) is 16.3. The first-order valence-electron chi connectivity index (χ1n) is 24.0. The van der Waals surface area contributed by atoms with Gasteiger partial charge in [-0.2, -0.15) is 0 Å². The van der Waals surface area contributed by atoms with Crippen LogP contribution in [0.5, 0.6) is 23.0 Å². The summed E-state index contributed by atoms with van der Waals surface area (Å²) >= 11 is 0. The van der Waals surface area contributed by atoms with Gasteiger partial charge in [0.15, 0.2) is 0 Å². The highest BCUT2D eigenvalue weighted by molar-refractivity contribution is 5.65. The molecule has 4 nitrogen and oxygen atoms in total. The molecule has 0 unspecified atom stereocenters. The van der Waals surface area contributed by atoms with E-state index in [9.17, 15) is 0 Å². The molecule has 362 valence electrons. The number of phenols is 1. The number of methoxy groups -OCH3 is 1. The van der Waals surface area contributed by atoms with E-state index in [1.165, 1.54) is 54.4 Å². The summed E-state index contributed by atoms with van der Waals surface area (Å²) in [4.78, 5) is 0. The zero-order chi connectivity index (χ0) is 50.8. The van der Waals surface area contributed by atoms with Gasteiger partial charge in [0.05, 0.1) is 19.8 Å². The Bertz CT molecular complexity index is 2510. The minimum atomic E-state index is 0.236. The predicted octanol–water partition coefficient (Wildman–Crippen LogP) is 18.6. The van der Waals surface area contributed by atoms with Gasteiger partial charge in [0.1, 0.15) is 23.0 Å². The number of hydrogen-bond acceptors (Lipinski definition) is 4. The van der Waals surface area contributed by atoms with Gasteiger partial charge in [-0.15, -0.1) is 0 Å². The Hall–Kier alpha value is -7.82. The van der Waals surface area contributed by atoms with Gasteiger partial charge in [0, 0.05) is 0 Å². The molecule has 1 N–H and O–H groups in total. The third kappa shape index (κ3) is 22.3. The maximum absolute atomic E-state index is 8.82. The highest BCUT2D eigenvalue weighted by Crippen LogP contribution is 2.32. The molecule has 0 amide bonds. The molecule has 4 heteroatoms. The van der Waals surface area contributed by atoms with E-state index in [1.807, 2.05) is 136 Å². The molecule has 0 radical (unpaired) electrons. The second-order valence-electron chi connectivity index (χ2n) is 16.3. The Morgan fingerprint density at radius 2 is 0.814 bits per heavy atom. The van der Waals surface area contributed by atoms with Gasteiger partial charge in [-0.1, -0.05) is 223 Å². The molecule has 0 aromatic heterocycles. The molecule has 7 aromatic rings. The molecular formula is C66H74O4.